The highest BCUT2D eigenvalue weighted by molar-refractivity contribution is 5.69. The van der Waals surface area contributed by atoms with E-state index in [4.69, 9.17) is 18.9 Å². The lowest BCUT2D eigenvalue weighted by Gasteiger charge is -2.20. The maximum atomic E-state index is 14.4. The number of unbranched alkanes of at least 4 members (excludes halogenated alkanes) is 1. The third kappa shape index (κ3) is 16.2. The van der Waals surface area contributed by atoms with Gasteiger partial charge in [0.05, 0.1) is 31.5 Å². The second-order valence-corrected chi connectivity index (χ2v) is 10.5. The number of carbonyl (C=O) groups is 2. The summed E-state index contributed by atoms with van der Waals surface area (Å²) >= 11 is 0. The lowest BCUT2D eigenvalue weighted by atomic mass is 9.89. The zero-order chi connectivity index (χ0) is 33.1. The molecule has 13 nitrogen and oxygen atoms in total. The van der Waals surface area contributed by atoms with Gasteiger partial charge >= 0.3 is 12.1 Å². The Bertz CT molecular complexity index is 1090. The molecule has 252 valence electrons. The Hall–Kier alpha value is -3.82. The topological polar surface area (TPSA) is 176 Å². The van der Waals surface area contributed by atoms with E-state index in [1.807, 2.05) is 6.08 Å². The fraction of sp³-hybridized carbons (Fsp3) is 0.600. The van der Waals surface area contributed by atoms with Gasteiger partial charge in [-0.3, -0.25) is 4.79 Å². The van der Waals surface area contributed by atoms with Crippen LogP contribution in [0.3, 0.4) is 0 Å². The first-order valence-electron chi connectivity index (χ1n) is 14.7. The molecule has 1 amide bonds. The first kappa shape index (κ1) is 37.4. The van der Waals surface area contributed by atoms with E-state index in [0.717, 1.165) is 6.08 Å². The van der Waals surface area contributed by atoms with Crippen LogP contribution < -0.4 is 10.1 Å². The van der Waals surface area contributed by atoms with Crippen molar-refractivity contribution in [3.05, 3.63) is 64.8 Å². The molecular formula is C30H42F2N2O11. The zero-order valence-corrected chi connectivity index (χ0v) is 25.1. The van der Waals surface area contributed by atoms with E-state index in [2.05, 4.69) is 10.2 Å². The van der Waals surface area contributed by atoms with Gasteiger partial charge in [-0.2, -0.15) is 8.78 Å². The number of benzene rings is 1. The molecule has 1 saturated carbocycles. The van der Waals surface area contributed by atoms with Crippen LogP contribution in [0.2, 0.25) is 0 Å². The average Bonchev–Trinajstić information content (AvgIpc) is 3.26. The quantitative estimate of drug-likeness (QED) is 0.0586. The van der Waals surface area contributed by atoms with Crippen molar-refractivity contribution in [1.29, 1.82) is 0 Å². The number of para-hydroxylation sites is 1. The number of allylic oxidation sites excluding steroid dienone is 2. The molecule has 0 saturated heterocycles. The van der Waals surface area contributed by atoms with Gasteiger partial charge in [-0.05, 0) is 50.3 Å². The smallest absolute Gasteiger partial charge is 0.407 e. The van der Waals surface area contributed by atoms with Gasteiger partial charge in [0.25, 0.3) is 11.0 Å². The number of halogens is 2. The predicted octanol–water partition coefficient (Wildman–Crippen LogP) is 3.61. The predicted molar refractivity (Wildman–Crippen MR) is 156 cm³/mol. The van der Waals surface area contributed by atoms with Crippen molar-refractivity contribution in [3.8, 4) is 5.75 Å². The number of alkyl halides is 2. The third-order valence-electron chi connectivity index (χ3n) is 6.72. The number of nitrogens with one attached hydrogen (secondary N) is 1. The number of hydrogen-bond donors (Lipinski definition) is 3. The van der Waals surface area contributed by atoms with Crippen LogP contribution in [-0.4, -0.2) is 91.2 Å². The minimum atomic E-state index is -3.26. The lowest BCUT2D eigenvalue weighted by molar-refractivity contribution is -0.758. The molecule has 0 heterocycles. The molecule has 0 aliphatic heterocycles. The molecule has 2 rings (SSSR count). The van der Waals surface area contributed by atoms with E-state index >= 15 is 0 Å². The summed E-state index contributed by atoms with van der Waals surface area (Å²) in [6.45, 7) is 0.394. The molecule has 1 aliphatic carbocycles. The zero-order valence-electron chi connectivity index (χ0n) is 25.1. The van der Waals surface area contributed by atoms with Crippen LogP contribution in [0.1, 0.15) is 39.0 Å². The van der Waals surface area contributed by atoms with Gasteiger partial charge < -0.3 is 39.3 Å². The van der Waals surface area contributed by atoms with Crippen LogP contribution >= 0.6 is 0 Å². The standard InChI is InChI=1S/C30H42F2N2O11/c1-22(33-29(38)42-17-15-41-16-18-45-34(39)40)20-43-28(37)12-8-3-2-7-11-24-25(27(36)19-26(24)35)13-14-30(31,32)21-44-23-9-5-4-6-10-23/h2,4-7,9-10,13-14,22,24-27,35-36H,3,8,11-12,15-21H2,1H3,(H,33,38)/b7-2-,14-13+/t22-,24+,25+,26-,27+/m0/s1. The fourth-order valence-corrected chi connectivity index (χ4v) is 4.48. The highest BCUT2D eigenvalue weighted by atomic mass is 19.3. The number of aliphatic hydroxyl groups excluding tert-OH is 2. The summed E-state index contributed by atoms with van der Waals surface area (Å²) in [5.41, 5.74) is 0. The molecule has 1 fully saturated rings. The van der Waals surface area contributed by atoms with Gasteiger partial charge in [0.2, 0.25) is 0 Å². The maximum Gasteiger partial charge on any atom is 0.407 e. The molecule has 5 atom stereocenters. The molecule has 0 aromatic heterocycles. The van der Waals surface area contributed by atoms with Crippen molar-refractivity contribution in [2.75, 3.05) is 39.6 Å². The normalized spacial score (nSPS) is 20.6. The number of carbonyl (C=O) groups excluding carboxylic acids is 2. The Morgan fingerprint density at radius 3 is 2.58 bits per heavy atom. The highest BCUT2D eigenvalue weighted by Crippen LogP contribution is 2.37. The van der Waals surface area contributed by atoms with E-state index in [1.165, 1.54) is 6.08 Å². The Kier molecular flexibility index (Phi) is 16.8. The van der Waals surface area contributed by atoms with Crippen LogP contribution in [0.4, 0.5) is 13.6 Å². The summed E-state index contributed by atoms with van der Waals surface area (Å²) in [6, 6.07) is 7.76. The van der Waals surface area contributed by atoms with E-state index in [0.29, 0.717) is 25.0 Å². The molecule has 0 bridgehead atoms. The van der Waals surface area contributed by atoms with Gasteiger partial charge in [-0.25, -0.2) is 4.79 Å². The molecule has 15 heteroatoms. The molecule has 0 spiro atoms. The van der Waals surface area contributed by atoms with E-state index in [1.54, 1.807) is 43.3 Å². The van der Waals surface area contributed by atoms with E-state index in [9.17, 15) is 38.7 Å². The van der Waals surface area contributed by atoms with Crippen molar-refractivity contribution in [2.45, 2.75) is 63.2 Å². The van der Waals surface area contributed by atoms with Gasteiger partial charge in [0.1, 0.15) is 25.6 Å². The fourth-order valence-electron chi connectivity index (χ4n) is 4.48. The molecule has 0 unspecified atom stereocenters. The molecule has 45 heavy (non-hydrogen) atoms. The highest BCUT2D eigenvalue weighted by Gasteiger charge is 2.40. The number of rotatable bonds is 21. The number of hydrogen-bond acceptors (Lipinski definition) is 11. The summed E-state index contributed by atoms with van der Waals surface area (Å²) in [5, 5.41) is 32.3. The third-order valence-corrected chi connectivity index (χ3v) is 6.72. The van der Waals surface area contributed by atoms with Gasteiger partial charge in [-0.15, -0.1) is 10.1 Å². The number of esters is 1. The maximum absolute atomic E-state index is 14.4. The molecule has 1 aliphatic rings. The summed E-state index contributed by atoms with van der Waals surface area (Å²) in [5.74, 6) is -4.47. The molecular weight excluding hydrogens is 602 g/mol. The van der Waals surface area contributed by atoms with Crippen LogP contribution in [0.25, 0.3) is 0 Å². The van der Waals surface area contributed by atoms with E-state index in [-0.39, 0.29) is 45.9 Å². The summed E-state index contributed by atoms with van der Waals surface area (Å²) < 4.78 is 48.9. The van der Waals surface area contributed by atoms with Crippen molar-refractivity contribution in [2.24, 2.45) is 11.8 Å². The monoisotopic (exact) mass is 644 g/mol. The summed E-state index contributed by atoms with van der Waals surface area (Å²) in [6.07, 6.45) is 4.70. The SMILES string of the molecule is C[C@@H](COC(=O)CCC/C=C\C[C@@H]1[C@@H](/C=C/C(F)(F)COc2ccccc2)[C@H](O)C[C@@H]1O)NC(=O)OCCOCCO[N+](=O)[O-]. The van der Waals surface area contributed by atoms with Crippen LogP contribution in [0.5, 0.6) is 5.75 Å². The lowest BCUT2D eigenvalue weighted by Crippen LogP contribution is -2.37. The second kappa shape index (κ2) is 20.3. The summed E-state index contributed by atoms with van der Waals surface area (Å²) in [7, 11) is 0. The number of aliphatic hydroxyl groups is 2. The van der Waals surface area contributed by atoms with Crippen molar-refractivity contribution < 1.29 is 57.5 Å². The van der Waals surface area contributed by atoms with E-state index < -0.39 is 59.8 Å². The van der Waals surface area contributed by atoms with Crippen molar-refractivity contribution in [3.63, 3.8) is 0 Å². The Labute approximate surface area is 260 Å². The number of nitrogens with zero attached hydrogens (tertiary/aromatic N) is 1. The minimum absolute atomic E-state index is 0.0253. The van der Waals surface area contributed by atoms with Gasteiger partial charge in [0, 0.05) is 18.8 Å². The van der Waals surface area contributed by atoms with Crippen LogP contribution in [0.15, 0.2) is 54.6 Å². The average molecular weight is 645 g/mol. The number of alkyl carbamates (subject to hydrolysis) is 1. The Balaban J connectivity index is 1.61. The van der Waals surface area contributed by atoms with Crippen molar-refractivity contribution >= 4 is 12.1 Å². The molecule has 0 radical (unpaired) electrons. The first-order valence-corrected chi connectivity index (χ1v) is 14.7. The molecule has 3 N–H and O–H groups in total. The second-order valence-electron chi connectivity index (χ2n) is 10.5. The number of amides is 1. The molecule has 1 aromatic carbocycles. The van der Waals surface area contributed by atoms with Crippen LogP contribution in [0, 0.1) is 22.0 Å². The number of ether oxygens (including phenoxy) is 4. The largest absolute Gasteiger partial charge is 0.487 e. The Morgan fingerprint density at radius 1 is 1.11 bits per heavy atom. The first-order chi connectivity index (χ1) is 21.5. The van der Waals surface area contributed by atoms with Gasteiger partial charge in [0.15, 0.2) is 6.61 Å². The van der Waals surface area contributed by atoms with Crippen LogP contribution in [-0.2, 0) is 23.8 Å². The minimum Gasteiger partial charge on any atom is -0.487 e. The van der Waals surface area contributed by atoms with Gasteiger partial charge in [-0.1, -0.05) is 36.4 Å². The Morgan fingerprint density at radius 2 is 1.84 bits per heavy atom. The molecule has 1 aromatic rings. The summed E-state index contributed by atoms with van der Waals surface area (Å²) in [4.78, 5) is 37.8. The van der Waals surface area contributed by atoms with Crippen molar-refractivity contribution in [1.82, 2.24) is 5.32 Å².